The maximum absolute atomic E-state index is 10.4. The first-order valence-electron chi connectivity index (χ1n) is 11.4. The zero-order chi connectivity index (χ0) is 22.5. The molecule has 0 radical (unpaired) electrons. The number of methoxy groups -OCH3 is 1. The van der Waals surface area contributed by atoms with Crippen LogP contribution >= 0.6 is 0 Å². The maximum atomic E-state index is 10.4. The Morgan fingerprint density at radius 2 is 1.88 bits per heavy atom. The summed E-state index contributed by atoms with van der Waals surface area (Å²) in [7, 11) is 3.56. The molecule has 0 unspecified atom stereocenters. The first kappa shape index (κ1) is 22.4. The van der Waals surface area contributed by atoms with Gasteiger partial charge in [-0.3, -0.25) is 4.90 Å². The van der Waals surface area contributed by atoms with E-state index in [1.807, 2.05) is 61.1 Å². The molecule has 6 heteroatoms. The third kappa shape index (κ3) is 5.50. The lowest BCUT2D eigenvalue weighted by atomic mass is 10.1. The molecule has 0 saturated heterocycles. The topological polar surface area (TPSA) is 59.8 Å². The van der Waals surface area contributed by atoms with Gasteiger partial charge in [0.15, 0.2) is 0 Å². The molecular weight excluding hydrogens is 402 g/mol. The summed E-state index contributed by atoms with van der Waals surface area (Å²) >= 11 is 0. The molecule has 6 nitrogen and oxygen atoms in total. The van der Waals surface area contributed by atoms with Crippen LogP contribution in [-0.2, 0) is 13.6 Å². The number of aryl methyl sites for hydroxylation is 1. The number of aliphatic hydroxyl groups excluding tert-OH is 1. The Balaban J connectivity index is 1.71. The van der Waals surface area contributed by atoms with Gasteiger partial charge in [-0.25, -0.2) is 4.68 Å². The van der Waals surface area contributed by atoms with E-state index < -0.39 is 0 Å². The fourth-order valence-corrected chi connectivity index (χ4v) is 3.95. The molecule has 4 rings (SSSR count). The minimum Gasteiger partial charge on any atom is -0.497 e. The molecule has 1 fully saturated rings. The van der Waals surface area contributed by atoms with Gasteiger partial charge in [0, 0.05) is 38.3 Å². The van der Waals surface area contributed by atoms with E-state index in [0.29, 0.717) is 24.7 Å². The Morgan fingerprint density at radius 1 is 1.12 bits per heavy atom. The highest BCUT2D eigenvalue weighted by atomic mass is 16.5. The van der Waals surface area contributed by atoms with E-state index in [9.17, 15) is 5.11 Å². The van der Waals surface area contributed by atoms with Gasteiger partial charge < -0.3 is 14.6 Å². The van der Waals surface area contributed by atoms with Gasteiger partial charge in [0.1, 0.15) is 17.2 Å². The molecule has 0 amide bonds. The van der Waals surface area contributed by atoms with Crippen LogP contribution in [-0.4, -0.2) is 46.1 Å². The minimum absolute atomic E-state index is 0.339. The molecule has 1 heterocycles. The van der Waals surface area contributed by atoms with E-state index in [1.54, 1.807) is 7.11 Å². The molecule has 1 atom stereocenters. The number of aromatic nitrogens is 2. The fraction of sp³-hybridized carbons (Fsp3) is 0.423. The Kier molecular flexibility index (Phi) is 7.12. The van der Waals surface area contributed by atoms with Crippen LogP contribution in [0.4, 0.5) is 0 Å². The minimum atomic E-state index is -0.339. The summed E-state index contributed by atoms with van der Waals surface area (Å²) in [6.07, 6.45) is 2.94. The molecule has 32 heavy (non-hydrogen) atoms. The second kappa shape index (κ2) is 10.2. The number of hydrogen-bond acceptors (Lipinski definition) is 5. The normalized spacial score (nSPS) is 14.5. The highest BCUT2D eigenvalue weighted by Gasteiger charge is 2.28. The molecular formula is C26H33N3O3. The van der Waals surface area contributed by atoms with Crippen molar-refractivity contribution in [1.29, 1.82) is 0 Å². The molecule has 0 spiro atoms. The second-order valence-electron chi connectivity index (χ2n) is 8.60. The van der Waals surface area contributed by atoms with Crippen molar-refractivity contribution in [3.63, 3.8) is 0 Å². The SMILES string of the molecule is CC[C@H](O)CN(Cc1c(-c2ccccc2)nn(C)c1Oc1cccc(OC)c1)CC1CC1. The van der Waals surface area contributed by atoms with E-state index in [1.165, 1.54) is 12.8 Å². The monoisotopic (exact) mass is 435 g/mol. The second-order valence-corrected chi connectivity index (χ2v) is 8.60. The molecule has 1 saturated carbocycles. The molecule has 1 aliphatic carbocycles. The number of hydrogen-bond donors (Lipinski definition) is 1. The van der Waals surface area contributed by atoms with Crippen molar-refractivity contribution >= 4 is 0 Å². The summed E-state index contributed by atoms with van der Waals surface area (Å²) in [5, 5.41) is 15.2. The van der Waals surface area contributed by atoms with Gasteiger partial charge in [0.25, 0.3) is 0 Å². The van der Waals surface area contributed by atoms with Crippen molar-refractivity contribution in [2.24, 2.45) is 13.0 Å². The summed E-state index contributed by atoms with van der Waals surface area (Å²) in [5.41, 5.74) is 3.00. The summed E-state index contributed by atoms with van der Waals surface area (Å²) in [6.45, 7) is 4.33. The van der Waals surface area contributed by atoms with Gasteiger partial charge in [0.05, 0.1) is 18.8 Å². The van der Waals surface area contributed by atoms with Gasteiger partial charge in [-0.15, -0.1) is 0 Å². The third-order valence-corrected chi connectivity index (χ3v) is 5.93. The Labute approximate surface area is 190 Å². The fourth-order valence-electron chi connectivity index (χ4n) is 3.95. The molecule has 2 aromatic carbocycles. The van der Waals surface area contributed by atoms with Crippen LogP contribution in [0.25, 0.3) is 11.3 Å². The number of ether oxygens (including phenoxy) is 2. The quantitative estimate of drug-likeness (QED) is 0.466. The average Bonchev–Trinajstić information content (AvgIpc) is 3.59. The van der Waals surface area contributed by atoms with Crippen molar-refractivity contribution in [3.8, 4) is 28.6 Å². The molecule has 1 aromatic heterocycles. The number of benzene rings is 2. The first-order chi connectivity index (χ1) is 15.6. The van der Waals surface area contributed by atoms with Crippen LogP contribution in [0.5, 0.6) is 17.4 Å². The molecule has 0 bridgehead atoms. The van der Waals surface area contributed by atoms with Gasteiger partial charge in [-0.2, -0.15) is 5.10 Å². The predicted molar refractivity (Wildman–Crippen MR) is 126 cm³/mol. The van der Waals surface area contributed by atoms with Gasteiger partial charge in [0.2, 0.25) is 5.88 Å². The molecule has 0 aliphatic heterocycles. The van der Waals surface area contributed by atoms with E-state index in [0.717, 1.165) is 41.5 Å². The van der Waals surface area contributed by atoms with Gasteiger partial charge >= 0.3 is 0 Å². The zero-order valence-electron chi connectivity index (χ0n) is 19.2. The van der Waals surface area contributed by atoms with Gasteiger partial charge in [-0.1, -0.05) is 43.3 Å². The van der Waals surface area contributed by atoms with Crippen molar-refractivity contribution in [2.45, 2.75) is 38.8 Å². The summed E-state index contributed by atoms with van der Waals surface area (Å²) in [5.74, 6) is 2.88. The Morgan fingerprint density at radius 3 is 2.56 bits per heavy atom. The van der Waals surface area contributed by atoms with Crippen LogP contribution in [0.15, 0.2) is 54.6 Å². The van der Waals surface area contributed by atoms with E-state index in [2.05, 4.69) is 17.0 Å². The Bertz CT molecular complexity index is 1010. The smallest absolute Gasteiger partial charge is 0.222 e. The summed E-state index contributed by atoms with van der Waals surface area (Å²) in [6, 6.07) is 17.8. The zero-order valence-corrected chi connectivity index (χ0v) is 19.2. The van der Waals surface area contributed by atoms with Crippen molar-refractivity contribution < 1.29 is 14.6 Å². The molecule has 1 N–H and O–H groups in total. The summed E-state index contributed by atoms with van der Waals surface area (Å²) < 4.78 is 13.5. The van der Waals surface area contributed by atoms with E-state index >= 15 is 0 Å². The average molecular weight is 436 g/mol. The number of aliphatic hydroxyl groups is 1. The Hall–Kier alpha value is -2.83. The van der Waals surface area contributed by atoms with E-state index in [-0.39, 0.29) is 6.10 Å². The summed E-state index contributed by atoms with van der Waals surface area (Å²) in [4.78, 5) is 2.35. The maximum Gasteiger partial charge on any atom is 0.222 e. The molecule has 170 valence electrons. The number of nitrogens with zero attached hydrogens (tertiary/aromatic N) is 3. The standard InChI is InChI=1S/C26H33N3O3/c1-4-21(30)17-29(16-19-13-14-19)18-24-25(20-9-6-5-7-10-20)27-28(2)26(24)32-23-12-8-11-22(15-23)31-3/h5-12,15,19,21,30H,4,13-14,16-18H2,1-3H3/t21-/m0/s1. The van der Waals surface area contributed by atoms with Crippen LogP contribution in [0.2, 0.25) is 0 Å². The molecule has 3 aromatic rings. The first-order valence-corrected chi connectivity index (χ1v) is 11.4. The third-order valence-electron chi connectivity index (χ3n) is 5.93. The van der Waals surface area contributed by atoms with Crippen molar-refractivity contribution in [2.75, 3.05) is 20.2 Å². The van der Waals surface area contributed by atoms with Crippen LogP contribution in [0.3, 0.4) is 0 Å². The molecule has 1 aliphatic rings. The largest absolute Gasteiger partial charge is 0.497 e. The van der Waals surface area contributed by atoms with Crippen LogP contribution in [0, 0.1) is 5.92 Å². The lowest BCUT2D eigenvalue weighted by molar-refractivity contribution is 0.102. The lowest BCUT2D eigenvalue weighted by Crippen LogP contribution is -2.33. The van der Waals surface area contributed by atoms with Crippen LogP contribution in [0.1, 0.15) is 31.7 Å². The number of rotatable bonds is 11. The highest BCUT2D eigenvalue weighted by molar-refractivity contribution is 5.65. The highest BCUT2D eigenvalue weighted by Crippen LogP contribution is 2.36. The van der Waals surface area contributed by atoms with Crippen LogP contribution < -0.4 is 9.47 Å². The van der Waals surface area contributed by atoms with Crippen molar-refractivity contribution in [1.82, 2.24) is 14.7 Å². The van der Waals surface area contributed by atoms with Gasteiger partial charge in [-0.05, 0) is 37.3 Å². The lowest BCUT2D eigenvalue weighted by Gasteiger charge is -2.25. The van der Waals surface area contributed by atoms with Crippen molar-refractivity contribution in [3.05, 3.63) is 60.2 Å². The predicted octanol–water partition coefficient (Wildman–Crippen LogP) is 4.87. The van der Waals surface area contributed by atoms with E-state index in [4.69, 9.17) is 14.6 Å².